The predicted molar refractivity (Wildman–Crippen MR) is 270 cm³/mol. The minimum atomic E-state index is -0.0765. The molecule has 8 N–H and O–H groups in total. The maximum Gasteiger partial charge on any atom is 0.315 e. The van der Waals surface area contributed by atoms with Crippen LogP contribution >= 0.6 is 34.9 Å². The van der Waals surface area contributed by atoms with E-state index in [-0.39, 0.29) is 65.8 Å². The number of unbranched alkanes of at least 4 members (excludes halogenated alkanes) is 2. The molecule has 358 valence electrons. The summed E-state index contributed by atoms with van der Waals surface area (Å²) in [5.41, 5.74) is 4.70. The second kappa shape index (κ2) is 23.8. The third-order valence-electron chi connectivity index (χ3n) is 13.4. The predicted octanol–water partition coefficient (Wildman–Crippen LogP) is 6.11. The lowest BCUT2D eigenvalue weighted by molar-refractivity contribution is -0.123. The van der Waals surface area contributed by atoms with Gasteiger partial charge in [-0.2, -0.15) is 23.5 Å². The topological polar surface area (TPSA) is 199 Å². The number of carbonyl (C=O) groups is 6. The largest absolute Gasteiger partial charge is 0.354 e. The summed E-state index contributed by atoms with van der Waals surface area (Å²) in [7, 11) is 0. The van der Waals surface area contributed by atoms with Crippen LogP contribution in [0.15, 0.2) is 60.7 Å². The van der Waals surface area contributed by atoms with Gasteiger partial charge in [0.25, 0.3) is 0 Å². The average Bonchev–Trinajstić information content (AvgIpc) is 4.15. The molecule has 3 aromatic rings. The Labute approximate surface area is 405 Å². The van der Waals surface area contributed by atoms with E-state index in [1.807, 2.05) is 23.5 Å². The highest BCUT2D eigenvalue weighted by Crippen LogP contribution is 2.40. The van der Waals surface area contributed by atoms with Gasteiger partial charge in [-0.3, -0.25) is 19.2 Å². The SMILES string of the molecule is O=C(CCCCC1SCC2NC(=O)NC21)NCCNC(=O)CCCc1c(/C=C2\C=CC(CCC(=O)NCCNC(=O)CCCCC3SCC4NC(=O)NC43)c3ccccc32)sc2ccccc12. The standard InChI is InChI=1S/C50H64N8O6S3/c59-43(17-7-5-15-40-47-37(29-65-40)55-49(63)57-47)51-24-25-53-45(61)19-9-13-36-35-12-3-4-14-39(35)67-42(36)28-32-21-20-31(33-10-1-2-11-34(32)33)22-23-46(62)54-27-26-52-44(60)18-8-6-16-41-48-38(30-66-41)56-50(64)58-48/h1-4,10-12,14,20-21,28,31,37-38,40-41,47-48H,5-9,13,15-19,22-27,29-30H2,(H,51,59)(H,52,60)(H,53,61)(H,54,62)(H2,55,57,63)(H2,56,58,64)/b32-28+. The number of nitrogens with one attached hydrogen (secondary N) is 8. The molecule has 8 amide bonds. The van der Waals surface area contributed by atoms with Crippen molar-refractivity contribution in [1.82, 2.24) is 42.5 Å². The number of urea groups is 2. The summed E-state index contributed by atoms with van der Waals surface area (Å²) in [6, 6.07) is 17.5. The molecule has 5 aliphatic rings. The van der Waals surface area contributed by atoms with Crippen molar-refractivity contribution >= 4 is 92.3 Å². The number of thioether (sulfide) groups is 2. The number of hydrogen-bond donors (Lipinski definition) is 8. The zero-order valence-corrected chi connectivity index (χ0v) is 40.5. The normalized spacial score (nSPS) is 24.0. The van der Waals surface area contributed by atoms with Crippen molar-refractivity contribution in [2.45, 2.75) is 124 Å². The van der Waals surface area contributed by atoms with Gasteiger partial charge in [0.2, 0.25) is 23.6 Å². The van der Waals surface area contributed by atoms with Crippen molar-refractivity contribution in [2.75, 3.05) is 37.7 Å². The fourth-order valence-electron chi connectivity index (χ4n) is 9.93. The molecule has 1 aliphatic carbocycles. The van der Waals surface area contributed by atoms with Crippen LogP contribution in [-0.4, -0.2) is 108 Å². The van der Waals surface area contributed by atoms with Crippen LogP contribution in [-0.2, 0) is 25.6 Å². The van der Waals surface area contributed by atoms with E-state index in [1.54, 1.807) is 11.3 Å². The smallest absolute Gasteiger partial charge is 0.315 e. The Morgan fingerprint density at radius 1 is 0.612 bits per heavy atom. The average molecular weight is 969 g/mol. The lowest BCUT2D eigenvalue weighted by atomic mass is 9.82. The molecular weight excluding hydrogens is 905 g/mol. The molecule has 0 bridgehead atoms. The molecule has 5 heterocycles. The first-order valence-electron chi connectivity index (χ1n) is 24.1. The Kier molecular flexibility index (Phi) is 17.2. The zero-order valence-electron chi connectivity index (χ0n) is 38.0. The molecule has 7 unspecified atom stereocenters. The zero-order chi connectivity index (χ0) is 46.5. The van der Waals surface area contributed by atoms with E-state index in [9.17, 15) is 28.8 Å². The number of amides is 8. The number of rotatable bonds is 24. The molecule has 1 aromatic heterocycles. The minimum absolute atomic E-state index is 0.00586. The van der Waals surface area contributed by atoms with Crippen molar-refractivity contribution < 1.29 is 28.8 Å². The van der Waals surface area contributed by atoms with Crippen molar-refractivity contribution in [1.29, 1.82) is 0 Å². The van der Waals surface area contributed by atoms with E-state index in [0.717, 1.165) is 67.6 Å². The summed E-state index contributed by atoms with van der Waals surface area (Å²) in [6.45, 7) is 1.56. The van der Waals surface area contributed by atoms with Gasteiger partial charge in [0.05, 0.1) is 24.2 Å². The first-order chi connectivity index (χ1) is 32.7. The van der Waals surface area contributed by atoms with E-state index in [1.165, 1.54) is 26.1 Å². The Morgan fingerprint density at radius 2 is 1.15 bits per heavy atom. The summed E-state index contributed by atoms with van der Waals surface area (Å²) in [5, 5.41) is 25.8. The first kappa shape index (κ1) is 48.5. The number of hydrogen-bond acceptors (Lipinski definition) is 9. The van der Waals surface area contributed by atoms with Gasteiger partial charge in [0.15, 0.2) is 0 Å². The van der Waals surface area contributed by atoms with Crippen LogP contribution in [0.2, 0.25) is 0 Å². The summed E-state index contributed by atoms with van der Waals surface area (Å²) in [6.07, 6.45) is 15.9. The highest BCUT2D eigenvalue weighted by Gasteiger charge is 2.43. The highest BCUT2D eigenvalue weighted by molar-refractivity contribution is 8.00. The van der Waals surface area contributed by atoms with E-state index in [0.29, 0.717) is 75.2 Å². The summed E-state index contributed by atoms with van der Waals surface area (Å²) >= 11 is 5.54. The molecule has 4 saturated heterocycles. The van der Waals surface area contributed by atoms with Gasteiger partial charge in [0.1, 0.15) is 0 Å². The Bertz CT molecular complexity index is 2340. The summed E-state index contributed by atoms with van der Waals surface area (Å²) in [5.74, 6) is 1.89. The lowest BCUT2D eigenvalue weighted by Crippen LogP contribution is -2.36. The van der Waals surface area contributed by atoms with Gasteiger partial charge in [-0.05, 0) is 84.7 Å². The van der Waals surface area contributed by atoms with Crippen LogP contribution in [0.3, 0.4) is 0 Å². The number of benzene rings is 2. The van der Waals surface area contributed by atoms with E-state index in [4.69, 9.17) is 0 Å². The summed E-state index contributed by atoms with van der Waals surface area (Å²) in [4.78, 5) is 75.0. The minimum Gasteiger partial charge on any atom is -0.354 e. The number of thiophene rings is 1. The molecule has 14 nitrogen and oxygen atoms in total. The number of carbonyl (C=O) groups excluding carboxylic acids is 6. The number of fused-ring (bicyclic) bond motifs is 4. The first-order valence-corrected chi connectivity index (χ1v) is 27.0. The van der Waals surface area contributed by atoms with Crippen LogP contribution in [0, 0.1) is 0 Å². The monoisotopic (exact) mass is 968 g/mol. The molecule has 4 aliphatic heterocycles. The lowest BCUT2D eigenvalue weighted by Gasteiger charge is -2.22. The van der Waals surface area contributed by atoms with E-state index in [2.05, 4.69) is 109 Å². The Hall–Kier alpha value is -5.00. The second-order valence-corrected chi connectivity index (χ2v) is 21.7. The van der Waals surface area contributed by atoms with Crippen molar-refractivity contribution in [2.24, 2.45) is 0 Å². The van der Waals surface area contributed by atoms with Crippen molar-refractivity contribution in [3.63, 3.8) is 0 Å². The maximum absolute atomic E-state index is 12.9. The van der Waals surface area contributed by atoms with Gasteiger partial charge in [-0.1, -0.05) is 67.5 Å². The van der Waals surface area contributed by atoms with Gasteiger partial charge >= 0.3 is 12.1 Å². The molecule has 67 heavy (non-hydrogen) atoms. The van der Waals surface area contributed by atoms with E-state index >= 15 is 0 Å². The maximum atomic E-state index is 12.9. The molecule has 0 saturated carbocycles. The fraction of sp³-hybridized carbons (Fsp3) is 0.520. The molecule has 4 fully saturated rings. The van der Waals surface area contributed by atoms with Crippen LogP contribution in [0.1, 0.15) is 105 Å². The van der Waals surface area contributed by atoms with Crippen molar-refractivity contribution in [3.8, 4) is 0 Å². The number of allylic oxidation sites excluding steroid dienone is 3. The molecule has 7 atom stereocenters. The molecule has 8 rings (SSSR count). The molecular formula is C50H64N8O6S3. The van der Waals surface area contributed by atoms with Crippen LogP contribution in [0.5, 0.6) is 0 Å². The number of aryl methyl sites for hydroxylation is 1. The fourth-order valence-corrected chi connectivity index (χ4v) is 14.2. The Balaban J connectivity index is 0.729. The van der Waals surface area contributed by atoms with Gasteiger partial charge in [-0.25, -0.2) is 9.59 Å². The highest BCUT2D eigenvalue weighted by atomic mass is 32.2. The molecule has 0 radical (unpaired) electrons. The van der Waals surface area contributed by atoms with Gasteiger partial charge in [0, 0.05) is 89.4 Å². The molecule has 0 spiro atoms. The quantitative estimate of drug-likeness (QED) is 0.0389. The third kappa shape index (κ3) is 13.2. The van der Waals surface area contributed by atoms with Gasteiger partial charge < -0.3 is 42.5 Å². The molecule has 2 aromatic carbocycles. The van der Waals surface area contributed by atoms with E-state index < -0.39 is 0 Å². The van der Waals surface area contributed by atoms with Gasteiger partial charge in [-0.15, -0.1) is 11.3 Å². The second-order valence-electron chi connectivity index (χ2n) is 18.1. The molecule has 17 heteroatoms. The summed E-state index contributed by atoms with van der Waals surface area (Å²) < 4.78 is 1.21. The third-order valence-corrected chi connectivity index (χ3v) is 17.6. The van der Waals surface area contributed by atoms with Crippen LogP contribution in [0.25, 0.3) is 21.7 Å². The van der Waals surface area contributed by atoms with Crippen LogP contribution in [0.4, 0.5) is 9.59 Å². The van der Waals surface area contributed by atoms with Crippen LogP contribution < -0.4 is 42.5 Å². The Morgan fingerprint density at radius 3 is 1.76 bits per heavy atom. The van der Waals surface area contributed by atoms with Crippen molar-refractivity contribution in [3.05, 3.63) is 82.3 Å².